The van der Waals surface area contributed by atoms with E-state index in [9.17, 15) is 0 Å². The third-order valence-corrected chi connectivity index (χ3v) is 4.52. The van der Waals surface area contributed by atoms with Crippen LogP contribution in [0.4, 0.5) is 11.4 Å². The predicted octanol–water partition coefficient (Wildman–Crippen LogP) is 4.41. The second kappa shape index (κ2) is 3.67. The van der Waals surface area contributed by atoms with Crippen LogP contribution in [0.1, 0.15) is 11.1 Å². The molecule has 0 aromatic heterocycles. The molecule has 2 nitrogen and oxygen atoms in total. The van der Waals surface area contributed by atoms with E-state index in [0.717, 1.165) is 11.4 Å². The zero-order valence-corrected chi connectivity index (χ0v) is 11.4. The smallest absolute Gasteiger partial charge is 0.162 e. The quantitative estimate of drug-likeness (QED) is 0.632. The van der Waals surface area contributed by atoms with E-state index in [0.29, 0.717) is 0 Å². The molecule has 0 radical (unpaired) electrons. The monoisotopic (exact) mass is 270 g/mol. The van der Waals surface area contributed by atoms with Gasteiger partial charge in [0.1, 0.15) is 0 Å². The first kappa shape index (κ1) is 11.0. The molecule has 0 bridgehead atoms. The van der Waals surface area contributed by atoms with Gasteiger partial charge >= 0.3 is 0 Å². The first-order chi connectivity index (χ1) is 10.4. The van der Waals surface area contributed by atoms with Crippen molar-refractivity contribution in [1.29, 1.82) is 0 Å². The zero-order chi connectivity index (χ0) is 13.9. The maximum Gasteiger partial charge on any atom is 0.162 e. The second-order valence-corrected chi connectivity index (χ2v) is 5.64. The number of benzene rings is 3. The zero-order valence-electron chi connectivity index (χ0n) is 11.4. The van der Waals surface area contributed by atoms with E-state index in [4.69, 9.17) is 0 Å². The van der Waals surface area contributed by atoms with Crippen molar-refractivity contribution in [2.75, 3.05) is 10.6 Å². The molecule has 1 aliphatic carbocycles. The van der Waals surface area contributed by atoms with Crippen LogP contribution >= 0.6 is 0 Å². The number of para-hydroxylation sites is 2. The maximum atomic E-state index is 3.71. The van der Waals surface area contributed by atoms with Gasteiger partial charge in [0, 0.05) is 11.1 Å². The average molecular weight is 270 g/mol. The van der Waals surface area contributed by atoms with Crippen molar-refractivity contribution in [3.05, 3.63) is 83.9 Å². The normalized spacial score (nSPS) is 15.8. The Hall–Kier alpha value is -2.74. The Kier molecular flexibility index (Phi) is 1.92. The molecular weight excluding hydrogens is 256 g/mol. The third kappa shape index (κ3) is 1.27. The summed E-state index contributed by atoms with van der Waals surface area (Å²) in [6.07, 6.45) is 0. The van der Waals surface area contributed by atoms with Gasteiger partial charge in [-0.1, -0.05) is 60.7 Å². The fourth-order valence-corrected chi connectivity index (χ4v) is 3.64. The Bertz CT molecular complexity index is 794. The van der Waals surface area contributed by atoms with Crippen LogP contribution in [0, 0.1) is 0 Å². The van der Waals surface area contributed by atoms with Crippen molar-refractivity contribution < 1.29 is 0 Å². The highest BCUT2D eigenvalue weighted by molar-refractivity contribution is 5.89. The number of rotatable bonds is 0. The van der Waals surface area contributed by atoms with Crippen LogP contribution in [0.5, 0.6) is 0 Å². The fraction of sp³-hybridized carbons (Fsp3) is 0.0526. The van der Waals surface area contributed by atoms with Gasteiger partial charge in [0.25, 0.3) is 0 Å². The Morgan fingerprint density at radius 3 is 1.48 bits per heavy atom. The fourth-order valence-electron chi connectivity index (χ4n) is 3.64. The van der Waals surface area contributed by atoms with Crippen LogP contribution in [-0.4, -0.2) is 0 Å². The van der Waals surface area contributed by atoms with Gasteiger partial charge in [-0.3, -0.25) is 0 Å². The average Bonchev–Trinajstić information content (AvgIpc) is 3.06. The van der Waals surface area contributed by atoms with Gasteiger partial charge < -0.3 is 10.6 Å². The van der Waals surface area contributed by atoms with Crippen LogP contribution in [0.2, 0.25) is 0 Å². The van der Waals surface area contributed by atoms with Crippen LogP contribution in [0.3, 0.4) is 0 Å². The third-order valence-electron chi connectivity index (χ3n) is 4.52. The van der Waals surface area contributed by atoms with Gasteiger partial charge in [0.15, 0.2) is 5.66 Å². The van der Waals surface area contributed by atoms with Crippen LogP contribution in [0.25, 0.3) is 11.1 Å². The molecule has 1 aliphatic heterocycles. The van der Waals surface area contributed by atoms with Crippen molar-refractivity contribution in [1.82, 2.24) is 0 Å². The van der Waals surface area contributed by atoms with Gasteiger partial charge in [-0.25, -0.2) is 0 Å². The lowest BCUT2D eigenvalue weighted by Crippen LogP contribution is -2.37. The molecule has 0 atom stereocenters. The highest BCUT2D eigenvalue weighted by atomic mass is 15.3. The van der Waals surface area contributed by atoms with Crippen LogP contribution in [-0.2, 0) is 5.66 Å². The standard InChI is InChI=1S/C19H14N2/c1-3-9-15-13(7-1)14-8-2-4-10-16(14)19(15)20-17-11-5-6-12-18(17)21-19/h1-12,20-21H. The lowest BCUT2D eigenvalue weighted by molar-refractivity contribution is 0.726. The predicted molar refractivity (Wildman–Crippen MR) is 86.3 cm³/mol. The van der Waals surface area contributed by atoms with E-state index in [2.05, 4.69) is 83.4 Å². The SMILES string of the molecule is c1ccc2c(c1)NC1(N2)c2ccccc2-c2ccccc21. The molecule has 2 heteroatoms. The molecular formula is C19H14N2. The molecule has 100 valence electrons. The van der Waals surface area contributed by atoms with Gasteiger partial charge in [0.05, 0.1) is 11.4 Å². The van der Waals surface area contributed by atoms with E-state index in [1.165, 1.54) is 22.3 Å². The maximum absolute atomic E-state index is 3.71. The van der Waals surface area contributed by atoms with Gasteiger partial charge in [0.2, 0.25) is 0 Å². The summed E-state index contributed by atoms with van der Waals surface area (Å²) in [5, 5.41) is 7.42. The summed E-state index contributed by atoms with van der Waals surface area (Å²) >= 11 is 0. The summed E-state index contributed by atoms with van der Waals surface area (Å²) in [5.74, 6) is 0. The first-order valence-corrected chi connectivity index (χ1v) is 7.23. The summed E-state index contributed by atoms with van der Waals surface area (Å²) in [6, 6.07) is 25.7. The Labute approximate surface area is 123 Å². The van der Waals surface area contributed by atoms with Gasteiger partial charge in [-0.2, -0.15) is 0 Å². The Morgan fingerprint density at radius 2 is 0.952 bits per heavy atom. The first-order valence-electron chi connectivity index (χ1n) is 7.23. The van der Waals surface area contributed by atoms with Gasteiger partial charge in [-0.15, -0.1) is 0 Å². The van der Waals surface area contributed by atoms with Crippen molar-refractivity contribution >= 4 is 11.4 Å². The highest BCUT2D eigenvalue weighted by Gasteiger charge is 2.46. The molecule has 0 saturated heterocycles. The Morgan fingerprint density at radius 1 is 0.524 bits per heavy atom. The number of hydrogen-bond acceptors (Lipinski definition) is 2. The van der Waals surface area contributed by atoms with E-state index in [1.807, 2.05) is 0 Å². The van der Waals surface area contributed by atoms with Crippen molar-refractivity contribution in [3.8, 4) is 11.1 Å². The minimum atomic E-state index is -0.336. The van der Waals surface area contributed by atoms with E-state index < -0.39 is 0 Å². The molecule has 0 saturated carbocycles. The molecule has 3 aromatic carbocycles. The summed E-state index contributed by atoms with van der Waals surface area (Å²) in [4.78, 5) is 0. The number of hydrogen-bond donors (Lipinski definition) is 2. The summed E-state index contributed by atoms with van der Waals surface area (Å²) in [7, 11) is 0. The van der Waals surface area contributed by atoms with Gasteiger partial charge in [-0.05, 0) is 23.3 Å². The van der Waals surface area contributed by atoms with E-state index in [1.54, 1.807) is 0 Å². The van der Waals surface area contributed by atoms with Crippen LogP contribution < -0.4 is 10.6 Å². The summed E-state index contributed by atoms with van der Waals surface area (Å²) < 4.78 is 0. The van der Waals surface area contributed by atoms with Crippen molar-refractivity contribution in [2.45, 2.75) is 5.66 Å². The largest absolute Gasteiger partial charge is 0.354 e. The Balaban J connectivity index is 1.82. The molecule has 21 heavy (non-hydrogen) atoms. The minimum absolute atomic E-state index is 0.336. The number of anilines is 2. The molecule has 0 fully saturated rings. The summed E-state index contributed by atoms with van der Waals surface area (Å²) in [6.45, 7) is 0. The molecule has 1 heterocycles. The number of fused-ring (bicyclic) bond motifs is 6. The minimum Gasteiger partial charge on any atom is -0.354 e. The highest BCUT2D eigenvalue weighted by Crippen LogP contribution is 2.52. The van der Waals surface area contributed by atoms with Crippen molar-refractivity contribution in [2.24, 2.45) is 0 Å². The van der Waals surface area contributed by atoms with Crippen molar-refractivity contribution in [3.63, 3.8) is 0 Å². The molecule has 5 rings (SSSR count). The molecule has 0 unspecified atom stereocenters. The number of nitrogens with one attached hydrogen (secondary N) is 2. The lowest BCUT2D eigenvalue weighted by atomic mass is 9.98. The second-order valence-electron chi connectivity index (χ2n) is 5.64. The van der Waals surface area contributed by atoms with E-state index in [-0.39, 0.29) is 5.66 Å². The molecule has 1 spiro atoms. The topological polar surface area (TPSA) is 24.1 Å². The van der Waals surface area contributed by atoms with E-state index >= 15 is 0 Å². The lowest BCUT2D eigenvalue weighted by Gasteiger charge is -2.28. The molecule has 2 aliphatic rings. The van der Waals surface area contributed by atoms with Crippen LogP contribution in [0.15, 0.2) is 72.8 Å². The molecule has 2 N–H and O–H groups in total. The molecule has 0 amide bonds. The summed E-state index contributed by atoms with van der Waals surface area (Å²) in [5.41, 5.74) is 7.18. The molecule has 3 aromatic rings.